The summed E-state index contributed by atoms with van der Waals surface area (Å²) in [5.41, 5.74) is 0. The third-order valence-electron chi connectivity index (χ3n) is 5.67. The molecule has 0 aromatic heterocycles. The van der Waals surface area contributed by atoms with Gasteiger partial charge in [-0.1, -0.05) is 66.2 Å². The zero-order valence-electron chi connectivity index (χ0n) is 19.3. The quantitative estimate of drug-likeness (QED) is 0.125. The molecule has 1 fully saturated rings. The van der Waals surface area contributed by atoms with E-state index in [0.717, 1.165) is 65.1 Å². The highest BCUT2D eigenvalue weighted by Gasteiger charge is 2.38. The zero-order chi connectivity index (χ0) is 20.5. The Morgan fingerprint density at radius 1 is 0.786 bits per heavy atom. The Morgan fingerprint density at radius 2 is 1.39 bits per heavy atom. The normalized spacial score (nSPS) is 17.8. The molecule has 28 heavy (non-hydrogen) atoms. The summed E-state index contributed by atoms with van der Waals surface area (Å²) in [6, 6.07) is 0. The van der Waals surface area contributed by atoms with Crippen molar-refractivity contribution in [1.29, 1.82) is 0 Å². The summed E-state index contributed by atoms with van der Waals surface area (Å²) >= 11 is 0. The molecule has 168 valence electrons. The Morgan fingerprint density at radius 3 is 1.96 bits per heavy atom. The average molecular weight is 401 g/mol. The molecule has 0 radical (unpaired) electrons. The van der Waals surface area contributed by atoms with E-state index in [-0.39, 0.29) is 0 Å². The number of ether oxygens (including phenoxy) is 4. The number of epoxide rings is 1. The minimum atomic E-state index is -0.422. The van der Waals surface area contributed by atoms with Crippen LogP contribution in [0.4, 0.5) is 0 Å². The fourth-order valence-electron chi connectivity index (χ4n) is 3.89. The van der Waals surface area contributed by atoms with E-state index < -0.39 is 5.79 Å². The molecule has 0 saturated carbocycles. The highest BCUT2D eigenvalue weighted by Crippen LogP contribution is 2.35. The maximum absolute atomic E-state index is 6.41. The van der Waals surface area contributed by atoms with Gasteiger partial charge in [-0.25, -0.2) is 0 Å². The van der Waals surface area contributed by atoms with Gasteiger partial charge in [-0.15, -0.1) is 0 Å². The van der Waals surface area contributed by atoms with Gasteiger partial charge < -0.3 is 18.9 Å². The van der Waals surface area contributed by atoms with Crippen LogP contribution in [-0.4, -0.2) is 44.9 Å². The van der Waals surface area contributed by atoms with E-state index in [9.17, 15) is 0 Å². The molecular weight excluding hydrogens is 352 g/mol. The molecule has 4 heteroatoms. The number of rotatable bonds is 21. The van der Waals surface area contributed by atoms with Crippen molar-refractivity contribution in [2.45, 2.75) is 117 Å². The molecule has 0 amide bonds. The molecule has 2 atom stereocenters. The van der Waals surface area contributed by atoms with Crippen LogP contribution in [0.5, 0.6) is 0 Å². The van der Waals surface area contributed by atoms with Crippen LogP contribution in [-0.2, 0) is 18.9 Å². The summed E-state index contributed by atoms with van der Waals surface area (Å²) in [6.07, 6.45) is 14.7. The highest BCUT2D eigenvalue weighted by molar-refractivity contribution is 4.80. The van der Waals surface area contributed by atoms with Gasteiger partial charge >= 0.3 is 0 Å². The van der Waals surface area contributed by atoms with Crippen molar-refractivity contribution in [1.82, 2.24) is 0 Å². The minimum Gasteiger partial charge on any atom is -0.379 e. The lowest BCUT2D eigenvalue weighted by molar-refractivity contribution is -0.272. The van der Waals surface area contributed by atoms with Gasteiger partial charge in [-0.05, 0) is 38.5 Å². The van der Waals surface area contributed by atoms with E-state index in [2.05, 4.69) is 27.7 Å². The summed E-state index contributed by atoms with van der Waals surface area (Å²) in [4.78, 5) is 0. The van der Waals surface area contributed by atoms with Crippen molar-refractivity contribution >= 4 is 0 Å². The van der Waals surface area contributed by atoms with Crippen LogP contribution in [0.3, 0.4) is 0 Å². The van der Waals surface area contributed by atoms with Crippen LogP contribution < -0.4 is 0 Å². The monoisotopic (exact) mass is 400 g/mol. The summed E-state index contributed by atoms with van der Waals surface area (Å²) in [7, 11) is 0. The van der Waals surface area contributed by atoms with Gasteiger partial charge in [0, 0.05) is 25.7 Å². The van der Waals surface area contributed by atoms with E-state index in [4.69, 9.17) is 18.9 Å². The Hall–Kier alpha value is -0.160. The smallest absolute Gasteiger partial charge is 0.170 e. The Bertz CT molecular complexity index is 335. The van der Waals surface area contributed by atoms with Gasteiger partial charge in [0.05, 0.1) is 13.2 Å². The van der Waals surface area contributed by atoms with E-state index in [1.165, 1.54) is 44.9 Å². The topological polar surface area (TPSA) is 40.2 Å². The first-order valence-corrected chi connectivity index (χ1v) is 12.2. The predicted octanol–water partition coefficient (Wildman–Crippen LogP) is 6.51. The van der Waals surface area contributed by atoms with E-state index in [1.807, 2.05) is 0 Å². The lowest BCUT2D eigenvalue weighted by Gasteiger charge is -2.40. The largest absolute Gasteiger partial charge is 0.379 e. The van der Waals surface area contributed by atoms with Gasteiger partial charge in [-0.3, -0.25) is 0 Å². The zero-order valence-corrected chi connectivity index (χ0v) is 19.3. The van der Waals surface area contributed by atoms with Crippen molar-refractivity contribution in [2.75, 3.05) is 33.0 Å². The number of hydrogen-bond donors (Lipinski definition) is 0. The van der Waals surface area contributed by atoms with Crippen molar-refractivity contribution in [3.05, 3.63) is 0 Å². The summed E-state index contributed by atoms with van der Waals surface area (Å²) in [5.74, 6) is 0.0252. The SMILES string of the molecule is CCCCCCCCC(CCCOCC1CO1)C(CC)(OCCC)OCCC. The first kappa shape index (κ1) is 25.9. The lowest BCUT2D eigenvalue weighted by atomic mass is 9.86. The van der Waals surface area contributed by atoms with E-state index >= 15 is 0 Å². The maximum atomic E-state index is 6.41. The lowest BCUT2D eigenvalue weighted by Crippen LogP contribution is -2.44. The molecule has 0 aliphatic carbocycles. The molecule has 1 heterocycles. The van der Waals surface area contributed by atoms with Crippen LogP contribution >= 0.6 is 0 Å². The standard InChI is InChI=1S/C24H48O4/c1-5-9-10-11-12-13-15-22(16-14-19-25-20-23-21-26-23)24(8-4,27-17-6-2)28-18-7-3/h22-23H,5-21H2,1-4H3. The van der Waals surface area contributed by atoms with E-state index in [0.29, 0.717) is 12.0 Å². The van der Waals surface area contributed by atoms with Crippen LogP contribution in [0.25, 0.3) is 0 Å². The molecule has 0 spiro atoms. The fourth-order valence-corrected chi connectivity index (χ4v) is 3.89. The molecule has 0 bridgehead atoms. The molecular formula is C24H48O4. The van der Waals surface area contributed by atoms with Crippen LogP contribution in [0.15, 0.2) is 0 Å². The minimum absolute atomic E-state index is 0.356. The number of unbranched alkanes of at least 4 members (excludes halogenated alkanes) is 5. The molecule has 0 N–H and O–H groups in total. The van der Waals surface area contributed by atoms with Crippen LogP contribution in [0.2, 0.25) is 0 Å². The number of hydrogen-bond acceptors (Lipinski definition) is 4. The summed E-state index contributed by atoms with van der Waals surface area (Å²) < 4.78 is 23.8. The Balaban J connectivity index is 2.56. The second-order valence-electron chi connectivity index (χ2n) is 8.29. The molecule has 1 aliphatic rings. The first-order valence-electron chi connectivity index (χ1n) is 12.2. The third-order valence-corrected chi connectivity index (χ3v) is 5.67. The van der Waals surface area contributed by atoms with Crippen molar-refractivity contribution in [2.24, 2.45) is 5.92 Å². The molecule has 4 nitrogen and oxygen atoms in total. The maximum Gasteiger partial charge on any atom is 0.170 e. The summed E-state index contributed by atoms with van der Waals surface area (Å²) in [6.45, 7) is 12.8. The summed E-state index contributed by atoms with van der Waals surface area (Å²) in [5, 5.41) is 0. The van der Waals surface area contributed by atoms with E-state index in [1.54, 1.807) is 0 Å². The van der Waals surface area contributed by atoms with Crippen LogP contribution in [0, 0.1) is 5.92 Å². The van der Waals surface area contributed by atoms with Crippen molar-refractivity contribution < 1.29 is 18.9 Å². The van der Waals surface area contributed by atoms with Gasteiger partial charge in [0.15, 0.2) is 5.79 Å². The fraction of sp³-hybridized carbons (Fsp3) is 1.00. The van der Waals surface area contributed by atoms with Crippen molar-refractivity contribution in [3.63, 3.8) is 0 Å². The Kier molecular flexibility index (Phi) is 15.4. The van der Waals surface area contributed by atoms with Gasteiger partial charge in [0.1, 0.15) is 6.10 Å². The second kappa shape index (κ2) is 16.6. The average Bonchev–Trinajstić information content (AvgIpc) is 3.54. The predicted molar refractivity (Wildman–Crippen MR) is 117 cm³/mol. The van der Waals surface area contributed by atoms with Crippen LogP contribution in [0.1, 0.15) is 105 Å². The van der Waals surface area contributed by atoms with Gasteiger partial charge in [0.25, 0.3) is 0 Å². The van der Waals surface area contributed by atoms with Crippen molar-refractivity contribution in [3.8, 4) is 0 Å². The third kappa shape index (κ3) is 11.1. The molecule has 0 aromatic carbocycles. The molecule has 1 rings (SSSR count). The van der Waals surface area contributed by atoms with Gasteiger partial charge in [0.2, 0.25) is 0 Å². The molecule has 1 aliphatic heterocycles. The van der Waals surface area contributed by atoms with Gasteiger partial charge in [-0.2, -0.15) is 0 Å². The highest BCUT2D eigenvalue weighted by atomic mass is 16.7. The first-order chi connectivity index (χ1) is 13.7. The second-order valence-corrected chi connectivity index (χ2v) is 8.29. The molecule has 2 unspecified atom stereocenters. The Labute approximate surface area is 175 Å². The molecule has 1 saturated heterocycles. The molecule has 0 aromatic rings.